The van der Waals surface area contributed by atoms with Crippen LogP contribution >= 0.6 is 0 Å². The van der Waals surface area contributed by atoms with Crippen LogP contribution in [0.2, 0.25) is 0 Å². The van der Waals surface area contributed by atoms with Crippen LogP contribution < -0.4 is 5.32 Å². The average Bonchev–Trinajstić information content (AvgIpc) is 2.53. The third-order valence-corrected chi connectivity index (χ3v) is 2.89. The molecule has 5 nitrogen and oxygen atoms in total. The van der Waals surface area contributed by atoms with Crippen molar-refractivity contribution in [2.45, 2.75) is 25.8 Å². The zero-order chi connectivity index (χ0) is 15.5. The van der Waals surface area contributed by atoms with Crippen LogP contribution in [-0.4, -0.2) is 24.2 Å². The van der Waals surface area contributed by atoms with Crippen LogP contribution in [0.15, 0.2) is 42.2 Å². The zero-order valence-electron chi connectivity index (χ0n) is 12.1. The highest BCUT2D eigenvalue weighted by molar-refractivity contribution is 5.97. The lowest BCUT2D eigenvalue weighted by atomic mass is 10.0. The van der Waals surface area contributed by atoms with Gasteiger partial charge in [-0.2, -0.15) is 5.26 Å². The lowest BCUT2D eigenvalue weighted by Crippen LogP contribution is -2.29. The first-order valence-electron chi connectivity index (χ1n) is 6.91. The summed E-state index contributed by atoms with van der Waals surface area (Å²) in [4.78, 5) is 12.1. The van der Waals surface area contributed by atoms with Crippen molar-refractivity contribution in [3.8, 4) is 6.07 Å². The van der Waals surface area contributed by atoms with Gasteiger partial charge in [0.2, 0.25) is 0 Å². The molecule has 0 saturated heterocycles. The van der Waals surface area contributed by atoms with E-state index in [0.717, 1.165) is 5.56 Å². The number of nitrogens with zero attached hydrogens (tertiary/aromatic N) is 1. The Morgan fingerprint density at radius 1 is 1.48 bits per heavy atom. The summed E-state index contributed by atoms with van der Waals surface area (Å²) in [5.41, 5.74) is 0.870. The molecule has 0 aliphatic rings. The first-order chi connectivity index (χ1) is 10.2. The number of aliphatic hydroxyl groups excluding tert-OH is 1. The van der Waals surface area contributed by atoms with E-state index in [9.17, 15) is 4.79 Å². The molecule has 0 radical (unpaired) electrons. The van der Waals surface area contributed by atoms with Crippen LogP contribution in [0.3, 0.4) is 0 Å². The van der Waals surface area contributed by atoms with Gasteiger partial charge in [0.05, 0.1) is 12.6 Å². The van der Waals surface area contributed by atoms with Crippen LogP contribution in [0.4, 0.5) is 0 Å². The number of benzene rings is 1. The van der Waals surface area contributed by atoms with Crippen molar-refractivity contribution >= 4 is 5.91 Å². The van der Waals surface area contributed by atoms with Gasteiger partial charge in [0.1, 0.15) is 12.3 Å². The van der Waals surface area contributed by atoms with Gasteiger partial charge in [-0.1, -0.05) is 30.3 Å². The summed E-state index contributed by atoms with van der Waals surface area (Å²) in [5, 5.41) is 20.8. The van der Waals surface area contributed by atoms with E-state index in [0.29, 0.717) is 19.4 Å². The Labute approximate surface area is 124 Å². The Morgan fingerprint density at radius 3 is 2.76 bits per heavy atom. The Balaban J connectivity index is 2.81. The number of ether oxygens (including phenoxy) is 1. The maximum Gasteiger partial charge on any atom is 0.265 e. The fraction of sp³-hybridized carbons (Fsp3) is 0.375. The number of nitrogens with one attached hydrogen (secondary N) is 1. The highest BCUT2D eigenvalue weighted by Gasteiger charge is 2.17. The number of carbonyl (C=O) groups excluding carboxylic acids is 1. The molecule has 5 heteroatoms. The van der Waals surface area contributed by atoms with Crippen LogP contribution in [0.5, 0.6) is 0 Å². The van der Waals surface area contributed by atoms with Gasteiger partial charge in [0, 0.05) is 6.61 Å². The van der Waals surface area contributed by atoms with Crippen LogP contribution in [0.1, 0.15) is 31.4 Å². The quantitative estimate of drug-likeness (QED) is 0.436. The van der Waals surface area contributed by atoms with Crippen molar-refractivity contribution in [1.29, 1.82) is 5.26 Å². The second-order valence-electron chi connectivity index (χ2n) is 4.40. The standard InChI is InChI=1S/C16H20N2O3/c1-2-21-12-14(11-17)16(20)18-15(9-6-10-19)13-7-4-3-5-8-13/h3-5,7-8,12,15,19H,2,6,9-10H2,1H3,(H,18,20)/b14-12-. The first kappa shape index (κ1) is 16.7. The summed E-state index contributed by atoms with van der Waals surface area (Å²) in [5.74, 6) is -0.474. The Bertz CT molecular complexity index is 506. The molecule has 0 heterocycles. The molecule has 0 bridgehead atoms. The van der Waals surface area contributed by atoms with Gasteiger partial charge in [0.15, 0.2) is 5.57 Å². The van der Waals surface area contributed by atoms with Crippen molar-refractivity contribution in [2.24, 2.45) is 0 Å². The second kappa shape index (κ2) is 9.56. The number of carbonyl (C=O) groups is 1. The fourth-order valence-electron chi connectivity index (χ4n) is 1.84. The minimum Gasteiger partial charge on any atom is -0.500 e. The van der Waals surface area contributed by atoms with E-state index in [2.05, 4.69) is 5.32 Å². The molecule has 0 aliphatic carbocycles. The largest absolute Gasteiger partial charge is 0.500 e. The summed E-state index contributed by atoms with van der Waals surface area (Å²) in [6.45, 7) is 2.22. The van der Waals surface area contributed by atoms with Crippen LogP contribution in [0, 0.1) is 11.3 Å². The van der Waals surface area contributed by atoms with E-state index in [-0.39, 0.29) is 18.2 Å². The monoisotopic (exact) mass is 288 g/mol. The average molecular weight is 288 g/mol. The Kier molecular flexibility index (Phi) is 7.62. The van der Waals surface area contributed by atoms with E-state index in [4.69, 9.17) is 15.1 Å². The summed E-state index contributed by atoms with van der Waals surface area (Å²) in [6, 6.07) is 11.0. The minimum absolute atomic E-state index is 0.0547. The van der Waals surface area contributed by atoms with Crippen molar-refractivity contribution < 1.29 is 14.6 Å². The predicted octanol–water partition coefficient (Wildman–Crippen LogP) is 2.06. The predicted molar refractivity (Wildman–Crippen MR) is 79.0 cm³/mol. The molecule has 2 N–H and O–H groups in total. The maximum atomic E-state index is 12.1. The molecule has 1 amide bonds. The number of amides is 1. The van der Waals surface area contributed by atoms with Gasteiger partial charge in [0.25, 0.3) is 5.91 Å². The Hall–Kier alpha value is -2.32. The molecule has 1 aromatic rings. The molecule has 21 heavy (non-hydrogen) atoms. The van der Waals surface area contributed by atoms with E-state index in [1.165, 1.54) is 6.26 Å². The molecule has 0 aliphatic heterocycles. The van der Waals surface area contributed by atoms with E-state index < -0.39 is 5.91 Å². The number of hydrogen-bond acceptors (Lipinski definition) is 4. The second-order valence-corrected chi connectivity index (χ2v) is 4.40. The lowest BCUT2D eigenvalue weighted by molar-refractivity contribution is -0.118. The summed E-state index contributed by atoms with van der Waals surface area (Å²) >= 11 is 0. The van der Waals surface area contributed by atoms with Crippen molar-refractivity contribution in [1.82, 2.24) is 5.32 Å². The van der Waals surface area contributed by atoms with Gasteiger partial charge in [-0.25, -0.2) is 0 Å². The van der Waals surface area contributed by atoms with E-state index >= 15 is 0 Å². The van der Waals surface area contributed by atoms with E-state index in [1.54, 1.807) is 6.92 Å². The van der Waals surface area contributed by atoms with Gasteiger partial charge in [-0.15, -0.1) is 0 Å². The van der Waals surface area contributed by atoms with Crippen LogP contribution in [0.25, 0.3) is 0 Å². The van der Waals surface area contributed by atoms with Gasteiger partial charge in [-0.05, 0) is 25.3 Å². The molecule has 1 aromatic carbocycles. The topological polar surface area (TPSA) is 82.3 Å². The summed E-state index contributed by atoms with van der Waals surface area (Å²) < 4.78 is 4.99. The maximum absolute atomic E-state index is 12.1. The fourth-order valence-corrected chi connectivity index (χ4v) is 1.84. The highest BCUT2D eigenvalue weighted by Crippen LogP contribution is 2.18. The number of nitriles is 1. The van der Waals surface area contributed by atoms with Crippen molar-refractivity contribution in [3.05, 3.63) is 47.7 Å². The minimum atomic E-state index is -0.474. The SMILES string of the molecule is CCO/C=C(/C#N)C(=O)NC(CCCO)c1ccccc1. The molecule has 112 valence electrons. The summed E-state index contributed by atoms with van der Waals surface area (Å²) in [6.07, 6.45) is 2.33. The van der Waals surface area contributed by atoms with E-state index in [1.807, 2.05) is 36.4 Å². The van der Waals surface area contributed by atoms with Gasteiger partial charge >= 0.3 is 0 Å². The number of aliphatic hydroxyl groups is 1. The van der Waals surface area contributed by atoms with Crippen LogP contribution in [-0.2, 0) is 9.53 Å². The smallest absolute Gasteiger partial charge is 0.265 e. The van der Waals surface area contributed by atoms with Crippen molar-refractivity contribution in [2.75, 3.05) is 13.2 Å². The van der Waals surface area contributed by atoms with Crippen molar-refractivity contribution in [3.63, 3.8) is 0 Å². The molecule has 1 atom stereocenters. The number of hydrogen-bond donors (Lipinski definition) is 2. The molecule has 0 saturated carbocycles. The molecule has 1 rings (SSSR count). The molecular weight excluding hydrogens is 268 g/mol. The Morgan fingerprint density at radius 2 is 2.19 bits per heavy atom. The molecule has 0 fully saturated rings. The highest BCUT2D eigenvalue weighted by atomic mass is 16.5. The third-order valence-electron chi connectivity index (χ3n) is 2.89. The zero-order valence-corrected chi connectivity index (χ0v) is 12.1. The summed E-state index contributed by atoms with van der Waals surface area (Å²) in [7, 11) is 0. The molecule has 0 spiro atoms. The normalized spacial score (nSPS) is 12.3. The third kappa shape index (κ3) is 5.67. The molecular formula is C16H20N2O3. The number of rotatable bonds is 8. The molecule has 0 aromatic heterocycles. The molecule has 1 unspecified atom stereocenters. The first-order valence-corrected chi connectivity index (χ1v) is 6.91. The van der Waals surface area contributed by atoms with Gasteiger partial charge < -0.3 is 15.2 Å². The lowest BCUT2D eigenvalue weighted by Gasteiger charge is -2.18. The van der Waals surface area contributed by atoms with Gasteiger partial charge in [-0.3, -0.25) is 4.79 Å².